The number of hydrogen-bond acceptors (Lipinski definition) is 6. The van der Waals surface area contributed by atoms with Crippen LogP contribution in [0.15, 0.2) is 54.7 Å². The number of amides is 1. The number of pyridine rings is 1. The van der Waals surface area contributed by atoms with Gasteiger partial charge in [0.15, 0.2) is 0 Å². The number of hydrogen-bond donors (Lipinski definition) is 3. The van der Waals surface area contributed by atoms with Crippen molar-refractivity contribution < 1.29 is 4.79 Å². The summed E-state index contributed by atoms with van der Waals surface area (Å²) in [6.07, 6.45) is 1.67. The number of carbonyl (C=O) groups is 1. The molecular weight excluding hydrogens is 304 g/mol. The van der Waals surface area contributed by atoms with Crippen molar-refractivity contribution in [3.63, 3.8) is 0 Å². The summed E-state index contributed by atoms with van der Waals surface area (Å²) in [7, 11) is 0. The van der Waals surface area contributed by atoms with E-state index in [1.54, 1.807) is 24.4 Å². The molecule has 3 rings (SSSR count). The topological polar surface area (TPSA) is 120 Å². The Bertz CT molecular complexity index is 866. The Morgan fingerprint density at radius 1 is 1.04 bits per heavy atom. The van der Waals surface area contributed by atoms with Crippen molar-refractivity contribution in [1.29, 1.82) is 0 Å². The largest absolute Gasteiger partial charge is 0.399 e. The van der Waals surface area contributed by atoms with Gasteiger partial charge < -0.3 is 16.8 Å². The molecule has 24 heavy (non-hydrogen) atoms. The van der Waals surface area contributed by atoms with Crippen LogP contribution in [0, 0.1) is 0 Å². The van der Waals surface area contributed by atoms with Gasteiger partial charge in [-0.3, -0.25) is 9.78 Å². The minimum absolute atomic E-state index is 0.0258. The molecule has 0 radical (unpaired) electrons. The van der Waals surface area contributed by atoms with Crippen LogP contribution in [0.2, 0.25) is 0 Å². The van der Waals surface area contributed by atoms with Crippen molar-refractivity contribution in [1.82, 2.24) is 20.3 Å². The van der Waals surface area contributed by atoms with Crippen molar-refractivity contribution in [3.8, 4) is 11.3 Å². The van der Waals surface area contributed by atoms with E-state index in [9.17, 15) is 4.79 Å². The van der Waals surface area contributed by atoms with Crippen LogP contribution in [-0.4, -0.2) is 20.9 Å². The fourth-order valence-electron chi connectivity index (χ4n) is 2.19. The maximum atomic E-state index is 12.3. The van der Waals surface area contributed by atoms with Crippen LogP contribution < -0.4 is 16.8 Å². The van der Waals surface area contributed by atoms with E-state index in [2.05, 4.69) is 20.3 Å². The number of aromatic nitrogens is 3. The fourth-order valence-corrected chi connectivity index (χ4v) is 2.19. The van der Waals surface area contributed by atoms with Crippen LogP contribution in [0.25, 0.3) is 11.3 Å². The van der Waals surface area contributed by atoms with Crippen LogP contribution in [0.3, 0.4) is 0 Å². The molecule has 0 atom stereocenters. The molecule has 1 aromatic carbocycles. The molecule has 7 heteroatoms. The SMILES string of the molecule is Nc1cccc(-c2cc(C(=O)NCc3ccccn3)nc(N)n2)c1. The van der Waals surface area contributed by atoms with Gasteiger partial charge in [0.2, 0.25) is 5.95 Å². The van der Waals surface area contributed by atoms with Gasteiger partial charge in [-0.15, -0.1) is 0 Å². The Balaban J connectivity index is 1.82. The maximum absolute atomic E-state index is 12.3. The zero-order chi connectivity index (χ0) is 16.9. The molecule has 0 bridgehead atoms. The maximum Gasteiger partial charge on any atom is 0.270 e. The standard InChI is InChI=1S/C17H16N6O/c18-12-5-3-4-11(8-12)14-9-15(23-17(19)22-14)16(24)21-10-13-6-1-2-7-20-13/h1-9H,10,18H2,(H,21,24)(H2,19,22,23). The molecule has 5 N–H and O–H groups in total. The highest BCUT2D eigenvalue weighted by Gasteiger charge is 2.12. The van der Waals surface area contributed by atoms with Crippen molar-refractivity contribution in [2.45, 2.75) is 6.54 Å². The molecule has 0 aliphatic carbocycles. The molecule has 0 aliphatic rings. The van der Waals surface area contributed by atoms with Crippen LogP contribution in [0.5, 0.6) is 0 Å². The minimum Gasteiger partial charge on any atom is -0.399 e. The van der Waals surface area contributed by atoms with Gasteiger partial charge in [0.25, 0.3) is 5.91 Å². The molecule has 2 heterocycles. The molecule has 0 unspecified atom stereocenters. The monoisotopic (exact) mass is 320 g/mol. The first-order valence-corrected chi connectivity index (χ1v) is 7.30. The summed E-state index contributed by atoms with van der Waals surface area (Å²) in [4.78, 5) is 24.6. The first kappa shape index (κ1) is 15.4. The first-order valence-electron chi connectivity index (χ1n) is 7.30. The summed E-state index contributed by atoms with van der Waals surface area (Å²) < 4.78 is 0. The van der Waals surface area contributed by atoms with Gasteiger partial charge in [0.1, 0.15) is 5.69 Å². The summed E-state index contributed by atoms with van der Waals surface area (Å²) >= 11 is 0. The van der Waals surface area contributed by atoms with Crippen molar-refractivity contribution in [2.75, 3.05) is 11.5 Å². The minimum atomic E-state index is -0.347. The Morgan fingerprint density at radius 3 is 2.67 bits per heavy atom. The highest BCUT2D eigenvalue weighted by atomic mass is 16.1. The Labute approximate surface area is 138 Å². The van der Waals surface area contributed by atoms with Gasteiger partial charge in [0.05, 0.1) is 17.9 Å². The number of nitrogens with zero attached hydrogens (tertiary/aromatic N) is 3. The summed E-state index contributed by atoms with van der Waals surface area (Å²) in [5.74, 6) is -0.321. The lowest BCUT2D eigenvalue weighted by Crippen LogP contribution is -2.24. The number of benzene rings is 1. The molecule has 2 aromatic heterocycles. The van der Waals surface area contributed by atoms with Crippen molar-refractivity contribution in [2.24, 2.45) is 0 Å². The van der Waals surface area contributed by atoms with E-state index in [1.807, 2.05) is 30.3 Å². The summed E-state index contributed by atoms with van der Waals surface area (Å²) in [6, 6.07) is 14.3. The molecule has 0 fully saturated rings. The lowest BCUT2D eigenvalue weighted by Gasteiger charge is -2.07. The molecule has 0 spiro atoms. The molecule has 3 aromatic rings. The number of nitrogens with one attached hydrogen (secondary N) is 1. The Morgan fingerprint density at radius 2 is 1.92 bits per heavy atom. The second-order valence-corrected chi connectivity index (χ2v) is 5.13. The van der Waals surface area contributed by atoms with Gasteiger partial charge in [-0.2, -0.15) is 0 Å². The van der Waals surface area contributed by atoms with E-state index >= 15 is 0 Å². The molecular formula is C17H16N6O. The number of anilines is 2. The van der Waals surface area contributed by atoms with Crippen molar-refractivity contribution in [3.05, 3.63) is 66.1 Å². The number of nitrogens with two attached hydrogens (primary N) is 2. The van der Waals surface area contributed by atoms with E-state index in [-0.39, 0.29) is 17.5 Å². The first-order chi connectivity index (χ1) is 11.6. The Hall–Kier alpha value is -3.48. The highest BCUT2D eigenvalue weighted by molar-refractivity contribution is 5.93. The predicted octanol–water partition coefficient (Wildman–Crippen LogP) is 1.63. The van der Waals surface area contributed by atoms with Crippen molar-refractivity contribution >= 4 is 17.5 Å². The average molecular weight is 320 g/mol. The second-order valence-electron chi connectivity index (χ2n) is 5.13. The Kier molecular flexibility index (Phi) is 4.33. The normalized spacial score (nSPS) is 10.3. The van der Waals surface area contributed by atoms with Gasteiger partial charge in [-0.1, -0.05) is 18.2 Å². The third-order valence-electron chi connectivity index (χ3n) is 3.31. The van der Waals surface area contributed by atoms with E-state index in [0.29, 0.717) is 17.9 Å². The lowest BCUT2D eigenvalue weighted by molar-refractivity contribution is 0.0945. The zero-order valence-corrected chi connectivity index (χ0v) is 12.8. The van der Waals surface area contributed by atoms with Gasteiger partial charge in [-0.05, 0) is 30.3 Å². The number of carbonyl (C=O) groups excluding carboxylic acids is 1. The lowest BCUT2D eigenvalue weighted by atomic mass is 10.1. The molecule has 120 valence electrons. The van der Waals surface area contributed by atoms with Gasteiger partial charge in [-0.25, -0.2) is 9.97 Å². The summed E-state index contributed by atoms with van der Waals surface area (Å²) in [5.41, 5.74) is 14.4. The van der Waals surface area contributed by atoms with E-state index in [4.69, 9.17) is 11.5 Å². The quantitative estimate of drug-likeness (QED) is 0.628. The van der Waals surface area contributed by atoms with Gasteiger partial charge in [0, 0.05) is 17.4 Å². The van der Waals surface area contributed by atoms with Crippen LogP contribution in [0.4, 0.5) is 11.6 Å². The van der Waals surface area contributed by atoms with Crippen LogP contribution in [0.1, 0.15) is 16.2 Å². The fraction of sp³-hybridized carbons (Fsp3) is 0.0588. The second kappa shape index (κ2) is 6.74. The van der Waals surface area contributed by atoms with E-state index in [1.165, 1.54) is 0 Å². The predicted molar refractivity (Wildman–Crippen MR) is 91.7 cm³/mol. The smallest absolute Gasteiger partial charge is 0.270 e. The molecule has 0 saturated heterocycles. The third-order valence-corrected chi connectivity index (χ3v) is 3.31. The van der Waals surface area contributed by atoms with Crippen LogP contribution in [-0.2, 0) is 6.54 Å². The number of nitrogen functional groups attached to an aromatic ring is 2. The summed E-state index contributed by atoms with van der Waals surface area (Å²) in [5, 5.41) is 2.76. The molecule has 1 amide bonds. The highest BCUT2D eigenvalue weighted by Crippen LogP contribution is 2.20. The van der Waals surface area contributed by atoms with Gasteiger partial charge >= 0.3 is 0 Å². The van der Waals surface area contributed by atoms with E-state index < -0.39 is 0 Å². The third kappa shape index (κ3) is 3.64. The average Bonchev–Trinajstić information content (AvgIpc) is 2.60. The van der Waals surface area contributed by atoms with E-state index in [0.717, 1.165) is 11.3 Å². The molecule has 0 saturated carbocycles. The molecule has 0 aliphatic heterocycles. The summed E-state index contributed by atoms with van der Waals surface area (Å²) in [6.45, 7) is 0.303. The number of rotatable bonds is 4. The molecule has 7 nitrogen and oxygen atoms in total. The van der Waals surface area contributed by atoms with Crippen LogP contribution >= 0.6 is 0 Å². The zero-order valence-electron chi connectivity index (χ0n) is 12.8.